The Labute approximate surface area is 351 Å². The van der Waals surface area contributed by atoms with Crippen LogP contribution in [0.1, 0.15) is 126 Å². The second-order valence-electron chi connectivity index (χ2n) is 17.0. The molecule has 8 heteroatoms. The third kappa shape index (κ3) is 12.4. The number of amidine groups is 2. The number of hydrogen-bond acceptors (Lipinski definition) is 6. The number of benzene rings is 2. The molecule has 0 unspecified atom stereocenters. The van der Waals surface area contributed by atoms with Gasteiger partial charge in [0.2, 0.25) is 0 Å². The maximum absolute atomic E-state index is 5.71. The molecule has 2 aromatic carbocycles. The Kier molecular flexibility index (Phi) is 18.2. The Bertz CT molecular complexity index is 1630. The molecule has 0 N–H and O–H groups in total. The Morgan fingerprint density at radius 3 is 1.36 bits per heavy atom. The van der Waals surface area contributed by atoms with Crippen molar-refractivity contribution < 1.29 is 9.47 Å². The van der Waals surface area contributed by atoms with Gasteiger partial charge in [-0.15, -0.1) is 13.2 Å². The summed E-state index contributed by atoms with van der Waals surface area (Å²) in [5.74, 6) is 2.76. The minimum Gasteiger partial charge on any atom is -0.382 e. The summed E-state index contributed by atoms with van der Waals surface area (Å²) in [5, 5.41) is 0. The lowest BCUT2D eigenvalue weighted by Gasteiger charge is -2.42. The molecular weight excluding hydrogens is 717 g/mol. The molecule has 0 bridgehead atoms. The van der Waals surface area contributed by atoms with Crippen molar-refractivity contribution in [1.82, 2.24) is 19.8 Å². The lowest BCUT2D eigenvalue weighted by atomic mass is 9.92. The highest BCUT2D eigenvalue weighted by molar-refractivity contribution is 6.00. The van der Waals surface area contributed by atoms with Crippen molar-refractivity contribution in [1.29, 1.82) is 0 Å². The molecule has 3 aromatic rings. The summed E-state index contributed by atoms with van der Waals surface area (Å²) in [4.78, 5) is 27.3. The fraction of sp³-hybridized carbons (Fsp3) is 0.560. The first-order valence-corrected chi connectivity index (χ1v) is 22.1. The van der Waals surface area contributed by atoms with Gasteiger partial charge in [-0.3, -0.25) is 20.0 Å². The summed E-state index contributed by atoms with van der Waals surface area (Å²) in [6.07, 6.45) is 17.0. The van der Waals surface area contributed by atoms with Crippen LogP contribution in [0.4, 0.5) is 0 Å². The van der Waals surface area contributed by atoms with Crippen LogP contribution in [0.5, 0.6) is 0 Å². The second-order valence-corrected chi connectivity index (χ2v) is 17.0. The van der Waals surface area contributed by atoms with Crippen LogP contribution in [0.2, 0.25) is 0 Å². The van der Waals surface area contributed by atoms with E-state index in [4.69, 9.17) is 29.4 Å². The third-order valence-corrected chi connectivity index (χ3v) is 11.9. The maximum Gasteiger partial charge on any atom is 0.131 e. The van der Waals surface area contributed by atoms with E-state index in [9.17, 15) is 0 Å². The first-order valence-electron chi connectivity index (χ1n) is 22.1. The van der Waals surface area contributed by atoms with E-state index in [1.807, 2.05) is 12.2 Å². The molecule has 0 amide bonds. The van der Waals surface area contributed by atoms with Crippen molar-refractivity contribution in [2.75, 3.05) is 27.4 Å². The Hall–Kier alpha value is -4.14. The van der Waals surface area contributed by atoms with Crippen LogP contribution in [-0.2, 0) is 35.4 Å². The zero-order valence-corrected chi connectivity index (χ0v) is 36.6. The molecule has 0 aliphatic carbocycles. The predicted molar refractivity (Wildman–Crippen MR) is 242 cm³/mol. The molecule has 0 fully saturated rings. The molecule has 2 aliphatic rings. The summed E-state index contributed by atoms with van der Waals surface area (Å²) < 4.78 is 11.4. The van der Waals surface area contributed by atoms with Gasteiger partial charge in [-0.25, -0.2) is 0 Å². The minimum absolute atomic E-state index is 0.0438. The number of allylic oxidation sites excluding steroid dienone is 2. The second kappa shape index (κ2) is 23.5. The van der Waals surface area contributed by atoms with Gasteiger partial charge in [0.1, 0.15) is 11.7 Å². The minimum atomic E-state index is 0.0438. The van der Waals surface area contributed by atoms with Crippen LogP contribution in [0, 0.1) is 11.8 Å². The van der Waals surface area contributed by atoms with Crippen molar-refractivity contribution in [3.05, 3.63) is 120 Å². The normalized spacial score (nSPS) is 18.3. The van der Waals surface area contributed by atoms with Crippen molar-refractivity contribution in [3.8, 4) is 0 Å². The van der Waals surface area contributed by atoms with Gasteiger partial charge in [-0.2, -0.15) is 0 Å². The van der Waals surface area contributed by atoms with E-state index in [1.54, 1.807) is 14.2 Å². The summed E-state index contributed by atoms with van der Waals surface area (Å²) in [6, 6.07) is 22.1. The van der Waals surface area contributed by atoms with Crippen LogP contribution in [0.15, 0.2) is 96.0 Å². The van der Waals surface area contributed by atoms with Gasteiger partial charge in [0, 0.05) is 50.3 Å². The molecule has 5 rings (SSSR count). The van der Waals surface area contributed by atoms with Crippen molar-refractivity contribution in [2.45, 2.75) is 142 Å². The van der Waals surface area contributed by atoms with E-state index in [0.717, 1.165) is 96.9 Å². The van der Waals surface area contributed by atoms with Crippen molar-refractivity contribution in [2.24, 2.45) is 21.8 Å². The standard InChI is InChI=1S/C50H72N6O2/c1-9-11-13-15-23-29-41-31-43-45(33-55(41)49(39-25-19-17-20-26-39)53-47(35-57-7)37(3)4)52-44-32-42(30-24-16-14-12-10-2)56(34-46(44)51-43)50(40-27-21-18-22-28-40)54-48(36-58-8)38(5)6/h9-10,17-22,25-28,37-38,41-42,47-48H,1-2,11-16,23-24,29-36H2,3-8H3/t41-,42-,47-,48-/m1/s1. The number of aromatic nitrogens is 2. The molecule has 2 aliphatic heterocycles. The first kappa shape index (κ1) is 45.0. The number of fused-ring (bicyclic) bond motifs is 2. The smallest absolute Gasteiger partial charge is 0.131 e. The molecule has 8 nitrogen and oxygen atoms in total. The van der Waals surface area contributed by atoms with Crippen LogP contribution in [-0.4, -0.2) is 83.0 Å². The molecule has 0 saturated heterocycles. The quantitative estimate of drug-likeness (QED) is 0.0437. The summed E-state index contributed by atoms with van der Waals surface area (Å²) in [7, 11) is 3.56. The van der Waals surface area contributed by atoms with E-state index in [0.29, 0.717) is 38.1 Å². The number of aliphatic imine (C=N–C) groups is 2. The molecule has 3 heterocycles. The lowest BCUT2D eigenvalue weighted by Crippen LogP contribution is -2.48. The zero-order valence-electron chi connectivity index (χ0n) is 36.6. The van der Waals surface area contributed by atoms with E-state index in [-0.39, 0.29) is 24.2 Å². The Morgan fingerprint density at radius 1 is 0.621 bits per heavy atom. The van der Waals surface area contributed by atoms with Crippen molar-refractivity contribution >= 4 is 11.7 Å². The molecule has 314 valence electrons. The molecule has 0 radical (unpaired) electrons. The molecule has 58 heavy (non-hydrogen) atoms. The molecular formula is C50H72N6O2. The molecule has 4 atom stereocenters. The predicted octanol–water partition coefficient (Wildman–Crippen LogP) is 10.4. The van der Waals surface area contributed by atoms with Gasteiger partial charge < -0.3 is 19.3 Å². The molecule has 0 saturated carbocycles. The largest absolute Gasteiger partial charge is 0.382 e. The van der Waals surface area contributed by atoms with E-state index in [2.05, 4.69) is 111 Å². The molecule has 1 aromatic heterocycles. The fourth-order valence-electron chi connectivity index (χ4n) is 8.33. The summed E-state index contributed by atoms with van der Waals surface area (Å²) in [6.45, 7) is 19.4. The first-order chi connectivity index (χ1) is 28.3. The highest BCUT2D eigenvalue weighted by atomic mass is 16.5. The van der Waals surface area contributed by atoms with Gasteiger partial charge in [0.25, 0.3) is 0 Å². The highest BCUT2D eigenvalue weighted by Crippen LogP contribution is 2.33. The van der Waals surface area contributed by atoms with Gasteiger partial charge in [-0.1, -0.05) is 126 Å². The lowest BCUT2D eigenvalue weighted by molar-refractivity contribution is 0.163. The topological polar surface area (TPSA) is 75.4 Å². The average Bonchev–Trinajstić information content (AvgIpc) is 3.23. The highest BCUT2D eigenvalue weighted by Gasteiger charge is 2.36. The molecule has 0 spiro atoms. The number of rotatable bonds is 22. The number of unbranched alkanes of at least 4 members (excludes halogenated alkanes) is 6. The van der Waals surface area contributed by atoms with Crippen molar-refractivity contribution in [3.63, 3.8) is 0 Å². The average molecular weight is 789 g/mol. The van der Waals surface area contributed by atoms with E-state index >= 15 is 0 Å². The van der Waals surface area contributed by atoms with Crippen LogP contribution in [0.25, 0.3) is 0 Å². The zero-order chi connectivity index (χ0) is 41.3. The van der Waals surface area contributed by atoms with E-state index < -0.39 is 0 Å². The SMILES string of the molecule is C=CCCCCC[C@@H]1Cc2nc3c(nc2CN1C(=N[C@H](COC)C(C)C)c1ccccc1)C[C@@H](CCCCCC=C)N(C(=N[C@H](COC)C(C)C)c1ccccc1)C3. The van der Waals surface area contributed by atoms with Gasteiger partial charge in [-0.05, 0) is 50.4 Å². The fourth-order valence-corrected chi connectivity index (χ4v) is 8.33. The number of hydrogen-bond donors (Lipinski definition) is 0. The monoisotopic (exact) mass is 789 g/mol. The summed E-state index contributed by atoms with van der Waals surface area (Å²) in [5.41, 5.74) is 6.74. The van der Waals surface area contributed by atoms with Gasteiger partial charge in [0.15, 0.2) is 0 Å². The van der Waals surface area contributed by atoms with Crippen LogP contribution < -0.4 is 0 Å². The Balaban J connectivity index is 1.57. The number of ether oxygens (including phenoxy) is 2. The van der Waals surface area contributed by atoms with Gasteiger partial charge >= 0.3 is 0 Å². The Morgan fingerprint density at radius 2 is 1.02 bits per heavy atom. The maximum atomic E-state index is 5.71. The van der Waals surface area contributed by atoms with Gasteiger partial charge in [0.05, 0.1) is 61.2 Å². The number of methoxy groups -OCH3 is 2. The number of nitrogens with zero attached hydrogens (tertiary/aromatic N) is 6. The third-order valence-electron chi connectivity index (χ3n) is 11.9. The summed E-state index contributed by atoms with van der Waals surface area (Å²) >= 11 is 0. The van der Waals surface area contributed by atoms with Crippen LogP contribution in [0.3, 0.4) is 0 Å². The van der Waals surface area contributed by atoms with Crippen LogP contribution >= 0.6 is 0 Å². The van der Waals surface area contributed by atoms with E-state index in [1.165, 1.54) is 25.7 Å².